The molecule has 2 heterocycles. The number of aryl methyl sites for hydroxylation is 3. The molecule has 0 amide bonds. The van der Waals surface area contributed by atoms with E-state index in [1.54, 1.807) is 0 Å². The number of hydrogen-bond donors (Lipinski definition) is 0. The average molecular weight is 232 g/mol. The van der Waals surface area contributed by atoms with E-state index in [9.17, 15) is 0 Å². The third kappa shape index (κ3) is 2.40. The maximum absolute atomic E-state index is 4.63. The molecule has 0 saturated heterocycles. The number of imidazole rings is 1. The van der Waals surface area contributed by atoms with E-state index in [1.807, 2.05) is 12.5 Å². The second-order valence-corrected chi connectivity index (χ2v) is 4.16. The maximum atomic E-state index is 4.63. The SMILES string of the molecule is CCc1cc(CC)n(Cc2cncn2CC)n1. The molecule has 0 fully saturated rings. The number of hydrogen-bond acceptors (Lipinski definition) is 2. The first-order valence-corrected chi connectivity index (χ1v) is 6.33. The van der Waals surface area contributed by atoms with Gasteiger partial charge in [0, 0.05) is 12.2 Å². The Kier molecular flexibility index (Phi) is 3.61. The molecule has 0 bridgehead atoms. The first-order chi connectivity index (χ1) is 8.28. The van der Waals surface area contributed by atoms with Crippen LogP contribution in [0.3, 0.4) is 0 Å². The van der Waals surface area contributed by atoms with Crippen LogP contribution in [0.25, 0.3) is 0 Å². The molecule has 2 aromatic heterocycles. The minimum absolute atomic E-state index is 0.816. The molecule has 0 aliphatic rings. The second-order valence-electron chi connectivity index (χ2n) is 4.16. The van der Waals surface area contributed by atoms with Gasteiger partial charge in [-0.05, 0) is 25.8 Å². The summed E-state index contributed by atoms with van der Waals surface area (Å²) >= 11 is 0. The number of rotatable bonds is 5. The minimum atomic E-state index is 0.816. The molecule has 0 radical (unpaired) electrons. The van der Waals surface area contributed by atoms with Crippen molar-refractivity contribution < 1.29 is 0 Å². The van der Waals surface area contributed by atoms with Gasteiger partial charge in [-0.3, -0.25) is 4.68 Å². The zero-order chi connectivity index (χ0) is 12.3. The molecule has 0 N–H and O–H groups in total. The van der Waals surface area contributed by atoms with Crippen molar-refractivity contribution >= 4 is 0 Å². The van der Waals surface area contributed by atoms with Crippen molar-refractivity contribution in [2.75, 3.05) is 0 Å². The van der Waals surface area contributed by atoms with Crippen LogP contribution in [0.15, 0.2) is 18.6 Å². The largest absolute Gasteiger partial charge is 0.333 e. The molecule has 0 unspecified atom stereocenters. The lowest BCUT2D eigenvalue weighted by atomic mass is 10.2. The summed E-state index contributed by atoms with van der Waals surface area (Å²) < 4.78 is 4.26. The quantitative estimate of drug-likeness (QED) is 0.792. The van der Waals surface area contributed by atoms with Gasteiger partial charge in [-0.15, -0.1) is 0 Å². The van der Waals surface area contributed by atoms with Crippen LogP contribution in [0, 0.1) is 0 Å². The van der Waals surface area contributed by atoms with Crippen LogP contribution in [-0.4, -0.2) is 19.3 Å². The summed E-state index contributed by atoms with van der Waals surface area (Å²) in [5.74, 6) is 0. The standard InChI is InChI=1S/C13H20N4/c1-4-11-7-12(5-2)17(15-11)9-13-8-14-10-16(13)6-3/h7-8,10H,4-6,9H2,1-3H3. The van der Waals surface area contributed by atoms with Crippen LogP contribution in [0.1, 0.15) is 37.9 Å². The summed E-state index contributed by atoms with van der Waals surface area (Å²) in [5.41, 5.74) is 3.68. The van der Waals surface area contributed by atoms with Crippen LogP contribution < -0.4 is 0 Å². The molecule has 2 rings (SSSR count). The zero-order valence-corrected chi connectivity index (χ0v) is 10.8. The van der Waals surface area contributed by atoms with Gasteiger partial charge in [-0.1, -0.05) is 13.8 Å². The Balaban J connectivity index is 2.25. The van der Waals surface area contributed by atoms with Crippen LogP contribution in [0.2, 0.25) is 0 Å². The van der Waals surface area contributed by atoms with E-state index < -0.39 is 0 Å². The summed E-state index contributed by atoms with van der Waals surface area (Å²) in [7, 11) is 0. The van der Waals surface area contributed by atoms with Crippen molar-refractivity contribution in [3.8, 4) is 0 Å². The molecule has 0 aliphatic carbocycles. The van der Waals surface area contributed by atoms with Crippen molar-refractivity contribution in [2.24, 2.45) is 0 Å². The molecule has 0 spiro atoms. The topological polar surface area (TPSA) is 35.6 Å². The van der Waals surface area contributed by atoms with Gasteiger partial charge >= 0.3 is 0 Å². The van der Waals surface area contributed by atoms with E-state index in [4.69, 9.17) is 0 Å². The first-order valence-electron chi connectivity index (χ1n) is 6.33. The Morgan fingerprint density at radius 1 is 1.12 bits per heavy atom. The van der Waals surface area contributed by atoms with Gasteiger partial charge in [-0.2, -0.15) is 5.10 Å². The number of nitrogens with zero attached hydrogens (tertiary/aromatic N) is 4. The van der Waals surface area contributed by atoms with E-state index in [-0.39, 0.29) is 0 Å². The Morgan fingerprint density at radius 3 is 2.59 bits per heavy atom. The van der Waals surface area contributed by atoms with E-state index >= 15 is 0 Å². The average Bonchev–Trinajstić information content (AvgIpc) is 2.95. The fourth-order valence-electron chi connectivity index (χ4n) is 2.03. The molecule has 92 valence electrons. The molecule has 17 heavy (non-hydrogen) atoms. The van der Waals surface area contributed by atoms with Crippen LogP contribution in [0.5, 0.6) is 0 Å². The highest BCUT2D eigenvalue weighted by Crippen LogP contribution is 2.10. The van der Waals surface area contributed by atoms with E-state index in [2.05, 4.69) is 46.2 Å². The highest BCUT2D eigenvalue weighted by atomic mass is 15.3. The summed E-state index contributed by atoms with van der Waals surface area (Å²) in [5, 5.41) is 4.63. The number of aromatic nitrogens is 4. The highest BCUT2D eigenvalue weighted by molar-refractivity contribution is 5.12. The van der Waals surface area contributed by atoms with Gasteiger partial charge in [-0.25, -0.2) is 4.98 Å². The molecule has 4 nitrogen and oxygen atoms in total. The zero-order valence-electron chi connectivity index (χ0n) is 10.8. The lowest BCUT2D eigenvalue weighted by Gasteiger charge is -2.07. The third-order valence-electron chi connectivity index (χ3n) is 3.09. The van der Waals surface area contributed by atoms with Gasteiger partial charge in [0.25, 0.3) is 0 Å². The van der Waals surface area contributed by atoms with Crippen molar-refractivity contribution in [3.05, 3.63) is 35.7 Å². The van der Waals surface area contributed by atoms with Crippen molar-refractivity contribution in [1.82, 2.24) is 19.3 Å². The summed E-state index contributed by atoms with van der Waals surface area (Å²) in [6.45, 7) is 8.22. The van der Waals surface area contributed by atoms with Crippen LogP contribution >= 0.6 is 0 Å². The van der Waals surface area contributed by atoms with Crippen molar-refractivity contribution in [3.63, 3.8) is 0 Å². The van der Waals surface area contributed by atoms with Crippen LogP contribution in [-0.2, 0) is 25.9 Å². The Morgan fingerprint density at radius 2 is 1.94 bits per heavy atom. The van der Waals surface area contributed by atoms with E-state index in [0.29, 0.717) is 0 Å². The molecular formula is C13H20N4. The molecule has 2 aromatic rings. The lowest BCUT2D eigenvalue weighted by Crippen LogP contribution is -2.10. The Bertz CT molecular complexity index is 481. The van der Waals surface area contributed by atoms with E-state index in [1.165, 1.54) is 17.1 Å². The van der Waals surface area contributed by atoms with Crippen molar-refractivity contribution in [1.29, 1.82) is 0 Å². The second kappa shape index (κ2) is 5.17. The molecular weight excluding hydrogens is 212 g/mol. The van der Waals surface area contributed by atoms with Crippen molar-refractivity contribution in [2.45, 2.75) is 46.7 Å². The van der Waals surface area contributed by atoms with Gasteiger partial charge < -0.3 is 4.57 Å². The van der Waals surface area contributed by atoms with Gasteiger partial charge in [0.2, 0.25) is 0 Å². The molecule has 0 atom stereocenters. The minimum Gasteiger partial charge on any atom is -0.333 e. The summed E-state index contributed by atoms with van der Waals surface area (Å²) in [6, 6.07) is 2.20. The smallest absolute Gasteiger partial charge is 0.0948 e. The highest BCUT2D eigenvalue weighted by Gasteiger charge is 2.08. The Hall–Kier alpha value is -1.58. The molecule has 0 aromatic carbocycles. The monoisotopic (exact) mass is 232 g/mol. The summed E-state index contributed by atoms with van der Waals surface area (Å²) in [6.07, 6.45) is 5.82. The predicted molar refractivity (Wildman–Crippen MR) is 68.0 cm³/mol. The lowest BCUT2D eigenvalue weighted by molar-refractivity contribution is 0.596. The van der Waals surface area contributed by atoms with Gasteiger partial charge in [0.1, 0.15) is 0 Å². The maximum Gasteiger partial charge on any atom is 0.0948 e. The Labute approximate surface area is 102 Å². The summed E-state index contributed by atoms with van der Waals surface area (Å²) in [4.78, 5) is 4.19. The van der Waals surface area contributed by atoms with Gasteiger partial charge in [0.05, 0.1) is 30.5 Å². The normalized spacial score (nSPS) is 11.0. The van der Waals surface area contributed by atoms with E-state index in [0.717, 1.165) is 25.9 Å². The van der Waals surface area contributed by atoms with Crippen LogP contribution in [0.4, 0.5) is 0 Å². The fraction of sp³-hybridized carbons (Fsp3) is 0.538. The molecule has 0 saturated carbocycles. The predicted octanol–water partition coefficient (Wildman–Crippen LogP) is 2.27. The van der Waals surface area contributed by atoms with Gasteiger partial charge in [0.15, 0.2) is 0 Å². The molecule has 4 heteroatoms. The fourth-order valence-corrected chi connectivity index (χ4v) is 2.03. The third-order valence-corrected chi connectivity index (χ3v) is 3.09. The first kappa shape index (κ1) is 11.9. The molecule has 0 aliphatic heterocycles.